The number of benzene rings is 9. The van der Waals surface area contributed by atoms with Crippen molar-refractivity contribution < 1.29 is 4.74 Å². The van der Waals surface area contributed by atoms with E-state index in [0.717, 1.165) is 34.1 Å². The van der Waals surface area contributed by atoms with Gasteiger partial charge < -0.3 is 9.64 Å². The topological polar surface area (TPSA) is 12.5 Å². The minimum atomic E-state index is -0.614. The minimum absolute atomic E-state index is 0.614. The van der Waals surface area contributed by atoms with Crippen molar-refractivity contribution >= 4 is 59.3 Å². The van der Waals surface area contributed by atoms with Crippen LogP contribution in [0.5, 0.6) is 11.5 Å². The number of rotatable bonds is 4. The normalized spacial score (nSPS) is 15.0. The van der Waals surface area contributed by atoms with Crippen LogP contribution in [-0.2, 0) is 5.41 Å². The quantitative estimate of drug-likeness (QED) is 0.179. The number of anilines is 3. The van der Waals surface area contributed by atoms with Gasteiger partial charge >= 0.3 is 0 Å². The van der Waals surface area contributed by atoms with E-state index in [2.05, 4.69) is 205 Å². The van der Waals surface area contributed by atoms with Gasteiger partial charge in [-0.2, -0.15) is 0 Å². The first-order chi connectivity index (χ1) is 27.8. The van der Waals surface area contributed by atoms with E-state index in [-0.39, 0.29) is 0 Å². The van der Waals surface area contributed by atoms with E-state index in [9.17, 15) is 0 Å². The summed E-state index contributed by atoms with van der Waals surface area (Å²) in [5.41, 5.74) is 12.6. The molecule has 3 heteroatoms. The van der Waals surface area contributed by atoms with E-state index in [1.54, 1.807) is 0 Å². The number of ether oxygens (including phenoxy) is 1. The van der Waals surface area contributed by atoms with Crippen molar-refractivity contribution in [2.24, 2.45) is 0 Å². The Kier molecular flexibility index (Phi) is 6.75. The first kappa shape index (κ1) is 31.4. The maximum Gasteiger partial charge on any atom is 0.132 e. The van der Waals surface area contributed by atoms with E-state index < -0.39 is 5.41 Å². The number of thiophene rings is 1. The third kappa shape index (κ3) is 4.38. The minimum Gasteiger partial charge on any atom is -0.457 e. The van der Waals surface area contributed by atoms with Gasteiger partial charge in [-0.3, -0.25) is 0 Å². The third-order valence-corrected chi connectivity index (χ3v) is 13.1. The molecular formula is C53H33NOS. The highest BCUT2D eigenvalue weighted by Crippen LogP contribution is 2.64. The smallest absolute Gasteiger partial charge is 0.132 e. The monoisotopic (exact) mass is 731 g/mol. The standard InChI is InChI=1S/C53H33NOS/c1-2-13-34(14-3-1)35-25-28-37(29-26-35)54(46-21-12-24-50-51(46)42-18-7-11-23-49(42)56-50)38-30-31-41-40-17-6-8-19-43(40)53(45(41)33-38)44-20-9-10-22-47(44)55-48-32-27-36-15-4-5-16-39(36)52(48)53/h1-33H. The lowest BCUT2D eigenvalue weighted by Crippen LogP contribution is -2.32. The molecule has 1 aliphatic carbocycles. The molecule has 56 heavy (non-hydrogen) atoms. The molecule has 1 unspecified atom stereocenters. The first-order valence-electron chi connectivity index (χ1n) is 19.2. The average Bonchev–Trinajstić information content (AvgIpc) is 3.78. The molecule has 0 saturated heterocycles. The van der Waals surface area contributed by atoms with Gasteiger partial charge in [0.1, 0.15) is 11.5 Å². The van der Waals surface area contributed by atoms with Crippen molar-refractivity contribution in [1.29, 1.82) is 0 Å². The number of hydrogen-bond donors (Lipinski definition) is 0. The predicted octanol–water partition coefficient (Wildman–Crippen LogP) is 14.8. The molecule has 2 heterocycles. The fraction of sp³-hybridized carbons (Fsp3) is 0.0189. The van der Waals surface area contributed by atoms with Crippen LogP contribution in [0.2, 0.25) is 0 Å². The van der Waals surface area contributed by atoms with Gasteiger partial charge in [0.25, 0.3) is 0 Å². The summed E-state index contributed by atoms with van der Waals surface area (Å²) in [7, 11) is 0. The largest absolute Gasteiger partial charge is 0.457 e. The van der Waals surface area contributed by atoms with Crippen LogP contribution >= 0.6 is 11.3 Å². The lowest BCUT2D eigenvalue weighted by molar-refractivity contribution is 0.438. The van der Waals surface area contributed by atoms with Crippen LogP contribution in [-0.4, -0.2) is 0 Å². The molecule has 1 aromatic heterocycles. The van der Waals surface area contributed by atoms with Crippen molar-refractivity contribution in [1.82, 2.24) is 0 Å². The van der Waals surface area contributed by atoms with Gasteiger partial charge in [-0.1, -0.05) is 146 Å². The van der Waals surface area contributed by atoms with E-state index in [0.29, 0.717) is 0 Å². The molecular weight excluding hydrogens is 699 g/mol. The Labute approximate surface area is 329 Å². The molecule has 2 aliphatic rings. The van der Waals surface area contributed by atoms with Crippen molar-refractivity contribution in [3.63, 3.8) is 0 Å². The molecule has 1 spiro atoms. The molecule has 262 valence electrons. The summed E-state index contributed by atoms with van der Waals surface area (Å²) < 4.78 is 9.41. The highest BCUT2D eigenvalue weighted by molar-refractivity contribution is 7.26. The molecule has 0 N–H and O–H groups in total. The summed E-state index contributed by atoms with van der Waals surface area (Å²) in [5, 5.41) is 4.95. The van der Waals surface area contributed by atoms with Crippen molar-refractivity contribution in [3.05, 3.63) is 222 Å². The summed E-state index contributed by atoms with van der Waals surface area (Å²) in [6.45, 7) is 0. The summed E-state index contributed by atoms with van der Waals surface area (Å²) >= 11 is 1.86. The van der Waals surface area contributed by atoms with Gasteiger partial charge in [0.15, 0.2) is 0 Å². The molecule has 1 atom stereocenters. The number of fused-ring (bicyclic) bond motifs is 14. The van der Waals surface area contributed by atoms with Crippen LogP contribution in [0.15, 0.2) is 200 Å². The van der Waals surface area contributed by atoms with Crippen LogP contribution in [0.3, 0.4) is 0 Å². The summed E-state index contributed by atoms with van der Waals surface area (Å²) in [4.78, 5) is 2.47. The Hall–Kier alpha value is -6.94. The lowest BCUT2D eigenvalue weighted by Gasteiger charge is -2.40. The molecule has 0 amide bonds. The zero-order valence-corrected chi connectivity index (χ0v) is 31.1. The predicted molar refractivity (Wildman–Crippen MR) is 234 cm³/mol. The fourth-order valence-electron chi connectivity index (χ4n) is 9.61. The fourth-order valence-corrected chi connectivity index (χ4v) is 10.7. The lowest BCUT2D eigenvalue weighted by atomic mass is 9.65. The molecule has 10 aromatic rings. The summed E-state index contributed by atoms with van der Waals surface area (Å²) in [5.74, 6) is 1.80. The second kappa shape index (κ2) is 12.0. The maximum atomic E-state index is 6.84. The molecule has 0 radical (unpaired) electrons. The van der Waals surface area contributed by atoms with Gasteiger partial charge in [0.2, 0.25) is 0 Å². The van der Waals surface area contributed by atoms with Gasteiger partial charge in [0, 0.05) is 42.7 Å². The van der Waals surface area contributed by atoms with E-state index in [1.807, 2.05) is 11.3 Å². The molecule has 12 rings (SSSR count). The summed E-state index contributed by atoms with van der Waals surface area (Å²) in [6, 6.07) is 73.2. The van der Waals surface area contributed by atoms with Crippen molar-refractivity contribution in [2.75, 3.05) is 4.90 Å². The summed E-state index contributed by atoms with van der Waals surface area (Å²) in [6.07, 6.45) is 0. The van der Waals surface area contributed by atoms with Gasteiger partial charge in [-0.25, -0.2) is 0 Å². The maximum absolute atomic E-state index is 6.84. The Balaban J connectivity index is 1.17. The number of nitrogens with zero attached hydrogens (tertiary/aromatic N) is 1. The van der Waals surface area contributed by atoms with Gasteiger partial charge in [-0.15, -0.1) is 11.3 Å². The van der Waals surface area contributed by atoms with Gasteiger partial charge in [0.05, 0.1) is 11.1 Å². The number of hydrogen-bond acceptors (Lipinski definition) is 3. The zero-order valence-electron chi connectivity index (χ0n) is 30.3. The molecule has 0 bridgehead atoms. The van der Waals surface area contributed by atoms with Crippen LogP contribution in [0, 0.1) is 0 Å². The van der Waals surface area contributed by atoms with Crippen molar-refractivity contribution in [2.45, 2.75) is 5.41 Å². The Morgan fingerprint density at radius 2 is 1.11 bits per heavy atom. The Bertz CT molecular complexity index is 3180. The SMILES string of the molecule is c1ccc(-c2ccc(N(c3ccc4c(c3)C3(c5ccccc5Oc5ccc6ccccc6c53)c3ccccc3-4)c3cccc4sc5ccccc5c34)cc2)cc1. The second-order valence-corrected chi connectivity index (χ2v) is 15.9. The second-order valence-electron chi connectivity index (χ2n) is 14.8. The molecule has 9 aromatic carbocycles. The Morgan fingerprint density at radius 1 is 0.429 bits per heavy atom. The highest BCUT2D eigenvalue weighted by atomic mass is 32.1. The molecule has 0 saturated carbocycles. The van der Waals surface area contributed by atoms with Crippen LogP contribution < -0.4 is 9.64 Å². The van der Waals surface area contributed by atoms with Crippen LogP contribution in [0.1, 0.15) is 22.3 Å². The van der Waals surface area contributed by atoms with Crippen LogP contribution in [0.25, 0.3) is 53.2 Å². The average molecular weight is 732 g/mol. The molecule has 2 nitrogen and oxygen atoms in total. The van der Waals surface area contributed by atoms with Crippen molar-refractivity contribution in [3.8, 4) is 33.8 Å². The van der Waals surface area contributed by atoms with Gasteiger partial charge in [-0.05, 0) is 98.8 Å². The van der Waals surface area contributed by atoms with Crippen LogP contribution in [0.4, 0.5) is 17.1 Å². The number of para-hydroxylation sites is 1. The van der Waals surface area contributed by atoms with E-state index >= 15 is 0 Å². The third-order valence-electron chi connectivity index (χ3n) is 11.9. The van der Waals surface area contributed by atoms with E-state index in [4.69, 9.17) is 4.74 Å². The van der Waals surface area contributed by atoms with E-state index in [1.165, 1.54) is 69.9 Å². The first-order valence-corrected chi connectivity index (χ1v) is 20.0. The molecule has 1 aliphatic heterocycles. The zero-order chi connectivity index (χ0) is 36.8. The highest BCUT2D eigenvalue weighted by Gasteiger charge is 2.52. The molecule has 0 fully saturated rings. The Morgan fingerprint density at radius 3 is 2.00 bits per heavy atom.